The zero-order valence-electron chi connectivity index (χ0n) is 21.8. The van der Waals surface area contributed by atoms with E-state index >= 15 is 0 Å². The van der Waals surface area contributed by atoms with Gasteiger partial charge in [-0.15, -0.1) is 0 Å². The molecule has 0 atom stereocenters. The van der Waals surface area contributed by atoms with Crippen LogP contribution in [0.25, 0.3) is 0 Å². The van der Waals surface area contributed by atoms with Gasteiger partial charge in [-0.25, -0.2) is 0 Å². The Bertz CT molecular complexity index is 406. The lowest BCUT2D eigenvalue weighted by Gasteiger charge is -2.51. The van der Waals surface area contributed by atoms with Gasteiger partial charge in [0.2, 0.25) is 0 Å². The molecule has 0 unspecified atom stereocenters. The van der Waals surface area contributed by atoms with Crippen LogP contribution in [0.1, 0.15) is 173 Å². The molecule has 0 aliphatic heterocycles. The lowest BCUT2D eigenvalue weighted by Crippen LogP contribution is -2.63. The molecule has 3 aliphatic rings. The van der Waals surface area contributed by atoms with Crippen LogP contribution in [-0.4, -0.2) is 22.6 Å². The Balaban J connectivity index is 1.82. The lowest BCUT2D eigenvalue weighted by atomic mass is 9.84. The zero-order valence-corrected chi connectivity index (χ0v) is 21.8. The van der Waals surface area contributed by atoms with Gasteiger partial charge in [0.15, 0.2) is 0 Å². The van der Waals surface area contributed by atoms with Crippen molar-refractivity contribution in [3.05, 3.63) is 0 Å². The first-order chi connectivity index (χ1) is 15.8. The highest BCUT2D eigenvalue weighted by Gasteiger charge is 2.40. The summed E-state index contributed by atoms with van der Waals surface area (Å²) in [6.07, 6.45) is 38.3. The average molecular weight is 447 g/mol. The van der Waals surface area contributed by atoms with Crippen molar-refractivity contribution in [2.75, 3.05) is 0 Å². The number of hydrogen-bond donors (Lipinski definition) is 1. The minimum atomic E-state index is -0.0408. The largest absolute Gasteiger partial charge is 0.313 e. The molecule has 2 heteroatoms. The molecule has 0 heterocycles. The molecule has 188 valence electrons. The van der Waals surface area contributed by atoms with Crippen LogP contribution in [0.4, 0.5) is 0 Å². The Hall–Kier alpha value is -0.0800. The van der Waals surface area contributed by atoms with E-state index in [0.29, 0.717) is 0 Å². The van der Waals surface area contributed by atoms with Gasteiger partial charge in [0.25, 0.3) is 0 Å². The van der Waals surface area contributed by atoms with E-state index in [1.54, 1.807) is 0 Å². The Morgan fingerprint density at radius 2 is 0.625 bits per heavy atom. The van der Waals surface area contributed by atoms with Crippen LogP contribution in [0.5, 0.6) is 0 Å². The molecule has 0 amide bonds. The standard InChI is InChI=1S/C30H58N2/c31-30(26-20-14-8-3-9-15-21-27-30)32(28-22-16-10-4-1-5-11-17-23-28)29-24-18-12-6-2-7-13-19-25-29/h28-29H,1-27,31H2. The second kappa shape index (κ2) is 15.8. The van der Waals surface area contributed by atoms with Gasteiger partial charge in [0.05, 0.1) is 5.66 Å². The molecule has 0 saturated heterocycles. The van der Waals surface area contributed by atoms with Gasteiger partial charge in [-0.3, -0.25) is 4.90 Å². The second-order valence-electron chi connectivity index (χ2n) is 11.9. The van der Waals surface area contributed by atoms with E-state index < -0.39 is 0 Å². The highest BCUT2D eigenvalue weighted by atomic mass is 15.3. The first-order valence-corrected chi connectivity index (χ1v) is 15.4. The molecular formula is C30H58N2. The molecule has 0 radical (unpaired) electrons. The first kappa shape index (κ1) is 26.5. The van der Waals surface area contributed by atoms with Gasteiger partial charge in [-0.2, -0.15) is 0 Å². The third-order valence-corrected chi connectivity index (χ3v) is 9.17. The highest BCUT2D eigenvalue weighted by molar-refractivity contribution is 4.94. The maximum absolute atomic E-state index is 7.60. The van der Waals surface area contributed by atoms with Crippen molar-refractivity contribution in [3.8, 4) is 0 Å². The number of nitrogens with two attached hydrogens (primary N) is 1. The minimum Gasteiger partial charge on any atom is -0.313 e. The third kappa shape index (κ3) is 9.28. The van der Waals surface area contributed by atoms with Gasteiger partial charge in [-0.1, -0.05) is 135 Å². The minimum absolute atomic E-state index is 0.0408. The van der Waals surface area contributed by atoms with Crippen LogP contribution in [0.3, 0.4) is 0 Å². The van der Waals surface area contributed by atoms with E-state index in [0.717, 1.165) is 12.1 Å². The van der Waals surface area contributed by atoms with Crippen molar-refractivity contribution in [2.45, 2.75) is 191 Å². The SMILES string of the molecule is NC1(N(C2CCCCCCCCC2)C2CCCCCCCCC2)CCCCCCCCC1. The van der Waals surface area contributed by atoms with Gasteiger partial charge < -0.3 is 5.73 Å². The van der Waals surface area contributed by atoms with Crippen molar-refractivity contribution in [1.29, 1.82) is 0 Å². The second-order valence-corrected chi connectivity index (χ2v) is 11.9. The van der Waals surface area contributed by atoms with E-state index in [1.165, 1.54) is 173 Å². The predicted octanol–water partition coefficient (Wildman–Crippen LogP) is 9.25. The van der Waals surface area contributed by atoms with Crippen LogP contribution in [0.15, 0.2) is 0 Å². The summed E-state index contributed by atoms with van der Waals surface area (Å²) < 4.78 is 0. The molecule has 0 spiro atoms. The molecule has 3 fully saturated rings. The summed E-state index contributed by atoms with van der Waals surface area (Å²) in [6, 6.07) is 1.49. The van der Waals surface area contributed by atoms with Gasteiger partial charge in [0, 0.05) is 12.1 Å². The number of nitrogens with zero attached hydrogens (tertiary/aromatic N) is 1. The Morgan fingerprint density at radius 3 is 0.938 bits per heavy atom. The fourth-order valence-corrected chi connectivity index (χ4v) is 7.29. The Morgan fingerprint density at radius 1 is 0.375 bits per heavy atom. The molecular weight excluding hydrogens is 388 g/mol. The topological polar surface area (TPSA) is 29.3 Å². The van der Waals surface area contributed by atoms with Gasteiger partial charge in [0.1, 0.15) is 0 Å². The van der Waals surface area contributed by atoms with Crippen molar-refractivity contribution in [2.24, 2.45) is 5.73 Å². The number of rotatable bonds is 3. The zero-order chi connectivity index (χ0) is 22.3. The summed E-state index contributed by atoms with van der Waals surface area (Å²) in [4.78, 5) is 3.05. The van der Waals surface area contributed by atoms with Gasteiger partial charge >= 0.3 is 0 Å². The number of hydrogen-bond acceptors (Lipinski definition) is 2. The summed E-state index contributed by atoms with van der Waals surface area (Å²) in [5, 5.41) is 0. The van der Waals surface area contributed by atoms with E-state index in [4.69, 9.17) is 5.73 Å². The van der Waals surface area contributed by atoms with E-state index in [-0.39, 0.29) is 5.66 Å². The molecule has 2 nitrogen and oxygen atoms in total. The average Bonchev–Trinajstić information content (AvgIpc) is 2.81. The normalized spacial score (nSPS) is 27.6. The molecule has 32 heavy (non-hydrogen) atoms. The summed E-state index contributed by atoms with van der Waals surface area (Å²) in [5.41, 5.74) is 7.56. The highest BCUT2D eigenvalue weighted by Crippen LogP contribution is 2.37. The van der Waals surface area contributed by atoms with Crippen LogP contribution in [-0.2, 0) is 0 Å². The van der Waals surface area contributed by atoms with E-state index in [9.17, 15) is 0 Å². The molecule has 0 aromatic rings. The monoisotopic (exact) mass is 446 g/mol. The fourth-order valence-electron chi connectivity index (χ4n) is 7.29. The van der Waals surface area contributed by atoms with Crippen LogP contribution in [0, 0.1) is 0 Å². The Kier molecular flexibility index (Phi) is 13.1. The van der Waals surface area contributed by atoms with Crippen molar-refractivity contribution >= 4 is 0 Å². The molecule has 3 aliphatic carbocycles. The molecule has 0 aromatic heterocycles. The molecule has 0 aromatic carbocycles. The van der Waals surface area contributed by atoms with E-state index in [1.807, 2.05) is 0 Å². The predicted molar refractivity (Wildman–Crippen MR) is 141 cm³/mol. The quantitative estimate of drug-likeness (QED) is 0.438. The lowest BCUT2D eigenvalue weighted by molar-refractivity contribution is -0.0281. The summed E-state index contributed by atoms with van der Waals surface area (Å²) >= 11 is 0. The smallest absolute Gasteiger partial charge is 0.0692 e. The third-order valence-electron chi connectivity index (χ3n) is 9.17. The molecule has 0 bridgehead atoms. The fraction of sp³-hybridized carbons (Fsp3) is 1.00. The summed E-state index contributed by atoms with van der Waals surface area (Å²) in [7, 11) is 0. The maximum atomic E-state index is 7.60. The summed E-state index contributed by atoms with van der Waals surface area (Å²) in [6.45, 7) is 0. The van der Waals surface area contributed by atoms with Crippen LogP contribution >= 0.6 is 0 Å². The van der Waals surface area contributed by atoms with Gasteiger partial charge in [-0.05, 0) is 38.5 Å². The maximum Gasteiger partial charge on any atom is 0.0692 e. The van der Waals surface area contributed by atoms with Crippen LogP contribution < -0.4 is 5.73 Å². The first-order valence-electron chi connectivity index (χ1n) is 15.4. The molecule has 3 rings (SSSR count). The molecule has 3 saturated carbocycles. The van der Waals surface area contributed by atoms with E-state index in [2.05, 4.69) is 4.90 Å². The van der Waals surface area contributed by atoms with Crippen LogP contribution in [0.2, 0.25) is 0 Å². The Labute approximate surface area is 201 Å². The van der Waals surface area contributed by atoms with Crippen molar-refractivity contribution < 1.29 is 0 Å². The summed E-state index contributed by atoms with van der Waals surface area (Å²) in [5.74, 6) is 0. The van der Waals surface area contributed by atoms with Crippen molar-refractivity contribution in [3.63, 3.8) is 0 Å². The van der Waals surface area contributed by atoms with Crippen molar-refractivity contribution in [1.82, 2.24) is 4.90 Å². The molecule has 2 N–H and O–H groups in total.